The highest BCUT2D eigenvalue weighted by atomic mass is 127. The van der Waals surface area contributed by atoms with Gasteiger partial charge in [0.15, 0.2) is 5.96 Å². The highest BCUT2D eigenvalue weighted by Crippen LogP contribution is 2.15. The smallest absolute Gasteiger partial charge is 0.213 e. The summed E-state index contributed by atoms with van der Waals surface area (Å²) in [6.07, 6.45) is 5.52. The molecule has 0 saturated carbocycles. The minimum absolute atomic E-state index is 0. The molecule has 0 aromatic carbocycles. The molecule has 0 bridgehead atoms. The maximum atomic E-state index is 5.91. The van der Waals surface area contributed by atoms with Crippen molar-refractivity contribution < 1.29 is 9.47 Å². The number of halogens is 1. The second-order valence-electron chi connectivity index (χ2n) is 7.00. The Morgan fingerprint density at radius 3 is 2.85 bits per heavy atom. The van der Waals surface area contributed by atoms with Gasteiger partial charge in [0.1, 0.15) is 0 Å². The molecular weight excluding hydrogens is 443 g/mol. The number of guanidine groups is 1. The third-order valence-corrected chi connectivity index (χ3v) is 4.13. The molecule has 0 spiro atoms. The van der Waals surface area contributed by atoms with Crippen LogP contribution in [-0.2, 0) is 11.3 Å². The van der Waals surface area contributed by atoms with E-state index in [4.69, 9.17) is 9.47 Å². The molecule has 0 aliphatic carbocycles. The van der Waals surface area contributed by atoms with Crippen molar-refractivity contribution in [2.45, 2.75) is 58.8 Å². The third-order valence-electron chi connectivity index (χ3n) is 4.13. The topological polar surface area (TPSA) is 67.8 Å². The summed E-state index contributed by atoms with van der Waals surface area (Å²) in [5, 5.41) is 6.64. The van der Waals surface area contributed by atoms with E-state index in [9.17, 15) is 0 Å². The normalized spacial score (nSPS) is 18.3. The first-order chi connectivity index (χ1) is 12.1. The van der Waals surface area contributed by atoms with Gasteiger partial charge in [-0.25, -0.2) is 4.98 Å². The zero-order chi connectivity index (χ0) is 18.1. The van der Waals surface area contributed by atoms with E-state index in [2.05, 4.69) is 41.4 Å². The van der Waals surface area contributed by atoms with E-state index in [0.29, 0.717) is 24.4 Å². The molecule has 2 unspecified atom stereocenters. The monoisotopic (exact) mass is 476 g/mol. The van der Waals surface area contributed by atoms with Crippen molar-refractivity contribution >= 4 is 29.9 Å². The first-order valence-corrected chi connectivity index (χ1v) is 9.24. The molecule has 2 N–H and O–H groups in total. The molecule has 7 heteroatoms. The zero-order valence-electron chi connectivity index (χ0n) is 16.3. The lowest BCUT2D eigenvalue weighted by Crippen LogP contribution is -2.40. The Hall–Kier alpha value is -1.09. The number of rotatable bonds is 8. The lowest BCUT2D eigenvalue weighted by molar-refractivity contribution is 0.114. The van der Waals surface area contributed by atoms with Crippen LogP contribution in [0.1, 0.15) is 45.6 Å². The number of ether oxygens (including phenoxy) is 2. The van der Waals surface area contributed by atoms with Gasteiger partial charge in [0, 0.05) is 39.0 Å². The Kier molecular flexibility index (Phi) is 10.9. The number of hydrogen-bond donors (Lipinski definition) is 2. The highest BCUT2D eigenvalue weighted by molar-refractivity contribution is 14.0. The van der Waals surface area contributed by atoms with Crippen molar-refractivity contribution in [2.24, 2.45) is 10.9 Å². The predicted molar refractivity (Wildman–Crippen MR) is 116 cm³/mol. The molecule has 1 aliphatic heterocycles. The highest BCUT2D eigenvalue weighted by Gasteiger charge is 2.15. The second kappa shape index (κ2) is 12.3. The van der Waals surface area contributed by atoms with Gasteiger partial charge >= 0.3 is 0 Å². The van der Waals surface area contributed by atoms with Gasteiger partial charge in [-0.1, -0.05) is 13.8 Å². The van der Waals surface area contributed by atoms with Crippen LogP contribution in [0, 0.1) is 5.92 Å². The number of aliphatic imine (C=N–C) groups is 1. The van der Waals surface area contributed by atoms with Crippen LogP contribution in [0.3, 0.4) is 0 Å². The van der Waals surface area contributed by atoms with E-state index in [1.165, 1.54) is 0 Å². The minimum Gasteiger partial charge on any atom is -0.475 e. The summed E-state index contributed by atoms with van der Waals surface area (Å²) in [7, 11) is 1.78. The fourth-order valence-electron chi connectivity index (χ4n) is 2.97. The SMILES string of the molecule is CN=C(NCc1ccnc(OC(C)CC(C)C)c1)NCC1CCCO1.I. The fourth-order valence-corrected chi connectivity index (χ4v) is 2.97. The summed E-state index contributed by atoms with van der Waals surface area (Å²) in [6.45, 7) is 8.81. The number of hydrogen-bond acceptors (Lipinski definition) is 4. The summed E-state index contributed by atoms with van der Waals surface area (Å²) in [5.41, 5.74) is 1.11. The van der Waals surface area contributed by atoms with Crippen LogP contribution in [0.25, 0.3) is 0 Å². The molecule has 1 aliphatic rings. The average Bonchev–Trinajstić information content (AvgIpc) is 3.08. The Balaban J connectivity index is 0.00000338. The van der Waals surface area contributed by atoms with Crippen LogP contribution < -0.4 is 15.4 Å². The second-order valence-corrected chi connectivity index (χ2v) is 7.00. The van der Waals surface area contributed by atoms with Gasteiger partial charge in [0.25, 0.3) is 0 Å². The maximum Gasteiger partial charge on any atom is 0.213 e. The first-order valence-electron chi connectivity index (χ1n) is 9.24. The van der Waals surface area contributed by atoms with Crippen molar-refractivity contribution in [1.82, 2.24) is 15.6 Å². The Morgan fingerprint density at radius 2 is 2.19 bits per heavy atom. The van der Waals surface area contributed by atoms with Gasteiger partial charge in [-0.2, -0.15) is 0 Å². The van der Waals surface area contributed by atoms with Crippen LogP contribution in [0.2, 0.25) is 0 Å². The quantitative estimate of drug-likeness (QED) is 0.342. The van der Waals surface area contributed by atoms with Gasteiger partial charge < -0.3 is 20.1 Å². The van der Waals surface area contributed by atoms with Gasteiger partial charge in [-0.05, 0) is 43.7 Å². The minimum atomic E-state index is 0. The maximum absolute atomic E-state index is 5.91. The molecular formula is C19H33IN4O2. The van der Waals surface area contributed by atoms with Gasteiger partial charge in [0.2, 0.25) is 5.88 Å². The predicted octanol–water partition coefficient (Wildman–Crippen LogP) is 3.36. The average molecular weight is 476 g/mol. The molecule has 2 heterocycles. The molecule has 1 saturated heterocycles. The third kappa shape index (κ3) is 8.53. The number of nitrogens with one attached hydrogen (secondary N) is 2. The van der Waals surface area contributed by atoms with Gasteiger partial charge in [0.05, 0.1) is 12.2 Å². The van der Waals surface area contributed by atoms with E-state index in [0.717, 1.165) is 43.9 Å². The molecule has 1 fully saturated rings. The Morgan fingerprint density at radius 1 is 1.38 bits per heavy atom. The Bertz CT molecular complexity index is 548. The molecule has 1 aromatic rings. The van der Waals surface area contributed by atoms with Crippen molar-refractivity contribution in [2.75, 3.05) is 20.2 Å². The molecule has 0 radical (unpaired) electrons. The van der Waals surface area contributed by atoms with Gasteiger partial charge in [-0.15, -0.1) is 24.0 Å². The van der Waals surface area contributed by atoms with Crippen LogP contribution in [0.4, 0.5) is 0 Å². The van der Waals surface area contributed by atoms with Crippen molar-refractivity contribution in [3.63, 3.8) is 0 Å². The van der Waals surface area contributed by atoms with E-state index < -0.39 is 0 Å². The zero-order valence-corrected chi connectivity index (χ0v) is 18.7. The molecule has 2 atom stereocenters. The Labute approximate surface area is 174 Å². The molecule has 6 nitrogen and oxygen atoms in total. The lowest BCUT2D eigenvalue weighted by Gasteiger charge is -2.17. The van der Waals surface area contributed by atoms with E-state index in [1.54, 1.807) is 13.2 Å². The first kappa shape index (κ1) is 23.0. The van der Waals surface area contributed by atoms with Crippen LogP contribution in [-0.4, -0.2) is 43.4 Å². The molecule has 0 amide bonds. The largest absolute Gasteiger partial charge is 0.475 e. The van der Waals surface area contributed by atoms with Crippen LogP contribution >= 0.6 is 24.0 Å². The molecule has 26 heavy (non-hydrogen) atoms. The number of aromatic nitrogens is 1. The van der Waals surface area contributed by atoms with E-state index in [1.807, 2.05) is 12.1 Å². The summed E-state index contributed by atoms with van der Waals surface area (Å²) in [6, 6.07) is 3.97. The molecule has 1 aromatic heterocycles. The lowest BCUT2D eigenvalue weighted by atomic mass is 10.1. The number of pyridine rings is 1. The summed E-state index contributed by atoms with van der Waals surface area (Å²) in [4.78, 5) is 8.57. The summed E-state index contributed by atoms with van der Waals surface area (Å²) in [5.74, 6) is 2.07. The number of nitrogens with zero attached hydrogens (tertiary/aromatic N) is 2. The van der Waals surface area contributed by atoms with E-state index in [-0.39, 0.29) is 30.1 Å². The standard InChI is InChI=1S/C19H32N4O2.HI/c1-14(2)10-15(3)25-18-11-16(7-8-21-18)12-22-19(20-4)23-13-17-6-5-9-24-17;/h7-8,11,14-15,17H,5-6,9-10,12-13H2,1-4H3,(H2,20,22,23);1H. The van der Waals surface area contributed by atoms with Crippen molar-refractivity contribution in [3.8, 4) is 5.88 Å². The van der Waals surface area contributed by atoms with Crippen molar-refractivity contribution in [1.29, 1.82) is 0 Å². The van der Waals surface area contributed by atoms with Crippen LogP contribution in [0.5, 0.6) is 5.88 Å². The molecule has 2 rings (SSSR count). The van der Waals surface area contributed by atoms with E-state index >= 15 is 0 Å². The fraction of sp³-hybridized carbons (Fsp3) is 0.684. The van der Waals surface area contributed by atoms with Gasteiger partial charge in [-0.3, -0.25) is 4.99 Å². The summed E-state index contributed by atoms with van der Waals surface area (Å²) >= 11 is 0. The summed E-state index contributed by atoms with van der Waals surface area (Å²) < 4.78 is 11.5. The van der Waals surface area contributed by atoms with Crippen LogP contribution in [0.15, 0.2) is 23.3 Å². The van der Waals surface area contributed by atoms with Crippen molar-refractivity contribution in [3.05, 3.63) is 23.9 Å². The molecule has 148 valence electrons.